The fourth-order valence-electron chi connectivity index (χ4n) is 3.42. The normalized spacial score (nSPS) is 24.0. The predicted molar refractivity (Wildman–Crippen MR) is 122 cm³/mol. The zero-order valence-corrected chi connectivity index (χ0v) is 21.1. The van der Waals surface area contributed by atoms with Crippen LogP contribution < -0.4 is 0 Å². The molecule has 0 spiro atoms. The Morgan fingerprint density at radius 3 is 0.741 bits per heavy atom. The largest absolute Gasteiger partial charge is 0.181 e. The summed E-state index contributed by atoms with van der Waals surface area (Å²) in [4.78, 5) is 0. The van der Waals surface area contributed by atoms with Crippen molar-refractivity contribution in [2.75, 3.05) is 0 Å². The van der Waals surface area contributed by atoms with Crippen LogP contribution in [0.1, 0.15) is 33.4 Å². The van der Waals surface area contributed by atoms with Crippen LogP contribution in [0.3, 0.4) is 0 Å². The first kappa shape index (κ1) is 22.1. The Labute approximate surface area is 213 Å². The molecule has 0 unspecified atom stereocenters. The molecule has 1 aromatic carbocycles. The van der Waals surface area contributed by atoms with Gasteiger partial charge >= 0.3 is 0 Å². The minimum Gasteiger partial charge on any atom is -0.0898 e. The first-order valence-corrected chi connectivity index (χ1v) is 11.3. The molecule has 0 saturated carbocycles. The van der Waals surface area contributed by atoms with Gasteiger partial charge < -0.3 is 0 Å². The van der Waals surface area contributed by atoms with Gasteiger partial charge in [0, 0.05) is 33.4 Å². The zero-order chi connectivity index (χ0) is 20.4. The smallest absolute Gasteiger partial charge is 0.0898 e. The Bertz CT molecular complexity index is 899. The molecule has 0 aromatic heterocycles. The monoisotopic (exact) mass is 600 g/mol. The second-order valence-corrected chi connectivity index (χ2v) is 12.1. The van der Waals surface area contributed by atoms with Crippen LogP contribution in [0.5, 0.6) is 0 Å². The van der Waals surface area contributed by atoms with E-state index in [0.717, 1.165) is 0 Å². The van der Waals surface area contributed by atoms with Gasteiger partial charge in [0.05, 0.1) is 30.2 Å². The number of hydrogen-bond acceptors (Lipinski definition) is 0. The fraction of sp³-hybridized carbons (Fsp3) is 0.200. The summed E-state index contributed by atoms with van der Waals surface area (Å²) >= 11 is 77.3. The Morgan fingerprint density at radius 2 is 0.556 bits per heavy atom. The van der Waals surface area contributed by atoms with Gasteiger partial charge in [-0.3, -0.25) is 0 Å². The molecule has 144 valence electrons. The van der Waals surface area contributed by atoms with Crippen molar-refractivity contribution in [3.8, 4) is 0 Å². The molecule has 3 aliphatic carbocycles. The molecular formula is C15Cl12. The number of halogens is 12. The standard InChI is InChI=1S/C15Cl12/c16-7-1-4(13(22,23)10(7)19)2-6(15(26,27)12(21)9(2)18)3-5(1)14(24,25)11(20)8(3)17. The quantitative estimate of drug-likeness (QED) is 0.258. The molecule has 0 atom stereocenters. The average molecular weight is 606 g/mol. The maximum absolute atomic E-state index is 6.52. The maximum atomic E-state index is 6.52. The van der Waals surface area contributed by atoms with Gasteiger partial charge in [-0.1, -0.05) is 139 Å². The number of benzene rings is 1. The van der Waals surface area contributed by atoms with Crippen LogP contribution in [0.4, 0.5) is 0 Å². The van der Waals surface area contributed by atoms with E-state index in [1.54, 1.807) is 0 Å². The molecule has 4 rings (SSSR count). The van der Waals surface area contributed by atoms with Crippen molar-refractivity contribution in [1.82, 2.24) is 0 Å². The van der Waals surface area contributed by atoms with Crippen LogP contribution in [-0.2, 0) is 13.0 Å². The lowest BCUT2D eigenvalue weighted by atomic mass is 9.89. The van der Waals surface area contributed by atoms with Gasteiger partial charge in [-0.25, -0.2) is 0 Å². The van der Waals surface area contributed by atoms with Gasteiger partial charge in [0.15, 0.2) is 13.0 Å². The van der Waals surface area contributed by atoms with Crippen LogP contribution in [-0.4, -0.2) is 0 Å². The van der Waals surface area contributed by atoms with Gasteiger partial charge in [0.1, 0.15) is 0 Å². The van der Waals surface area contributed by atoms with Crippen LogP contribution in [0, 0.1) is 0 Å². The number of alkyl halides is 6. The molecule has 0 bridgehead atoms. The van der Waals surface area contributed by atoms with E-state index < -0.39 is 13.0 Å². The highest BCUT2D eigenvalue weighted by atomic mass is 35.5. The third-order valence-electron chi connectivity index (χ3n) is 4.51. The summed E-state index contributed by atoms with van der Waals surface area (Å²) in [5.74, 6) is 0. The van der Waals surface area contributed by atoms with E-state index in [2.05, 4.69) is 0 Å². The third-order valence-corrected chi connectivity index (χ3v) is 10.2. The minimum atomic E-state index is -1.79. The average Bonchev–Trinajstić information content (AvgIpc) is 2.96. The van der Waals surface area contributed by atoms with Crippen LogP contribution in [0.25, 0.3) is 15.1 Å². The van der Waals surface area contributed by atoms with Gasteiger partial charge in [-0.05, 0) is 0 Å². The van der Waals surface area contributed by atoms with Crippen molar-refractivity contribution in [2.24, 2.45) is 0 Å². The summed E-state index contributed by atoms with van der Waals surface area (Å²) in [7, 11) is 0. The van der Waals surface area contributed by atoms with Gasteiger partial charge in [0.2, 0.25) is 0 Å². The molecular weight excluding hydrogens is 606 g/mol. The van der Waals surface area contributed by atoms with Crippen molar-refractivity contribution in [2.45, 2.75) is 13.0 Å². The summed E-state index contributed by atoms with van der Waals surface area (Å²) in [5, 5.41) is -0.200. The highest BCUT2D eigenvalue weighted by molar-refractivity contribution is 6.70. The SMILES string of the molecule is ClC1=C(Cl)C(Cl)(Cl)c2c3c(c4c(c21)C(Cl)(Cl)C(Cl)=C4Cl)C(Cl)(Cl)C(Cl)=C3Cl. The second-order valence-electron chi connectivity index (χ2n) is 5.86. The molecule has 27 heavy (non-hydrogen) atoms. The lowest BCUT2D eigenvalue weighted by Crippen LogP contribution is -2.19. The van der Waals surface area contributed by atoms with E-state index in [4.69, 9.17) is 139 Å². The van der Waals surface area contributed by atoms with E-state index >= 15 is 0 Å². The summed E-state index contributed by atoms with van der Waals surface area (Å²) in [6.07, 6.45) is 0. The summed E-state index contributed by atoms with van der Waals surface area (Å²) in [6.45, 7) is 0. The number of hydrogen-bond donors (Lipinski definition) is 0. The number of rotatable bonds is 0. The Kier molecular flexibility index (Phi) is 5.30. The molecule has 0 radical (unpaired) electrons. The molecule has 0 saturated heterocycles. The van der Waals surface area contributed by atoms with Crippen molar-refractivity contribution >= 4 is 154 Å². The fourth-order valence-corrected chi connectivity index (χ4v) is 6.97. The maximum Gasteiger partial charge on any atom is 0.181 e. The van der Waals surface area contributed by atoms with Crippen molar-refractivity contribution in [1.29, 1.82) is 0 Å². The van der Waals surface area contributed by atoms with Crippen molar-refractivity contribution in [3.05, 3.63) is 48.5 Å². The Balaban J connectivity index is 2.33. The molecule has 0 aliphatic heterocycles. The summed E-state index contributed by atoms with van der Waals surface area (Å²) in [5.41, 5.74) is 1.32. The first-order valence-electron chi connectivity index (χ1n) is 6.77. The van der Waals surface area contributed by atoms with Gasteiger partial charge in [-0.2, -0.15) is 0 Å². The van der Waals surface area contributed by atoms with E-state index in [9.17, 15) is 0 Å². The van der Waals surface area contributed by atoms with Gasteiger partial charge in [0.25, 0.3) is 0 Å². The number of fused-ring (bicyclic) bond motifs is 6. The lowest BCUT2D eigenvalue weighted by molar-refractivity contribution is 1.02. The minimum absolute atomic E-state index is 0.0134. The molecule has 0 amide bonds. The summed E-state index contributed by atoms with van der Waals surface area (Å²) < 4.78 is -5.36. The van der Waals surface area contributed by atoms with Crippen LogP contribution in [0.2, 0.25) is 0 Å². The molecule has 0 heterocycles. The van der Waals surface area contributed by atoms with Crippen LogP contribution in [0.15, 0.2) is 15.1 Å². The molecule has 12 heteroatoms. The lowest BCUT2D eigenvalue weighted by Gasteiger charge is -2.27. The molecule has 0 nitrogen and oxygen atoms in total. The highest BCUT2D eigenvalue weighted by Gasteiger charge is 2.58. The second kappa shape index (κ2) is 6.47. The summed E-state index contributed by atoms with van der Waals surface area (Å²) in [6, 6.07) is 0. The Morgan fingerprint density at radius 1 is 0.370 bits per heavy atom. The van der Waals surface area contributed by atoms with Crippen molar-refractivity contribution < 1.29 is 0 Å². The topological polar surface area (TPSA) is 0 Å². The van der Waals surface area contributed by atoms with E-state index in [0.29, 0.717) is 0 Å². The molecule has 0 fully saturated rings. The van der Waals surface area contributed by atoms with E-state index in [-0.39, 0.29) is 63.6 Å². The van der Waals surface area contributed by atoms with Gasteiger partial charge in [-0.15, -0.1) is 0 Å². The van der Waals surface area contributed by atoms with E-state index in [1.165, 1.54) is 0 Å². The van der Waals surface area contributed by atoms with Crippen molar-refractivity contribution in [3.63, 3.8) is 0 Å². The van der Waals surface area contributed by atoms with Crippen LogP contribution >= 0.6 is 139 Å². The molecule has 1 aromatic rings. The Hall–Kier alpha value is 1.92. The third kappa shape index (κ3) is 2.54. The number of allylic oxidation sites excluding steroid dienone is 3. The predicted octanol–water partition coefficient (Wildman–Crippen LogP) is 10.1. The highest BCUT2D eigenvalue weighted by Crippen LogP contribution is 2.70. The zero-order valence-electron chi connectivity index (χ0n) is 12.0. The first-order chi connectivity index (χ1) is 12.2. The van der Waals surface area contributed by atoms with E-state index in [1.807, 2.05) is 0 Å². The molecule has 0 N–H and O–H groups in total. The molecule has 3 aliphatic rings.